The second-order valence-electron chi connectivity index (χ2n) is 4.94. The monoisotopic (exact) mass is 294 g/mol. The molecule has 6 nitrogen and oxygen atoms in total. The Bertz CT molecular complexity index is 761. The van der Waals surface area contributed by atoms with E-state index < -0.39 is 0 Å². The second-order valence-corrected chi connectivity index (χ2v) is 4.94. The van der Waals surface area contributed by atoms with Gasteiger partial charge in [0.1, 0.15) is 12.1 Å². The summed E-state index contributed by atoms with van der Waals surface area (Å²) in [5.74, 6) is -0.367. The summed E-state index contributed by atoms with van der Waals surface area (Å²) in [6, 6.07) is 10.8. The van der Waals surface area contributed by atoms with Gasteiger partial charge in [-0.2, -0.15) is 10.5 Å². The number of benzene rings is 1. The molecule has 1 aromatic carbocycles. The maximum atomic E-state index is 11.8. The highest BCUT2D eigenvalue weighted by atomic mass is 16.5. The first-order chi connectivity index (χ1) is 10.5. The fourth-order valence-corrected chi connectivity index (χ4v) is 1.93. The molecule has 0 amide bonds. The maximum absolute atomic E-state index is 11.8. The minimum atomic E-state index is -0.367. The molecular weight excluding hydrogens is 280 g/mol. The van der Waals surface area contributed by atoms with Crippen LogP contribution in [0.3, 0.4) is 0 Å². The van der Waals surface area contributed by atoms with E-state index in [-0.39, 0.29) is 23.5 Å². The van der Waals surface area contributed by atoms with Crippen molar-refractivity contribution in [1.82, 2.24) is 9.55 Å². The Morgan fingerprint density at radius 3 is 2.50 bits per heavy atom. The van der Waals surface area contributed by atoms with Crippen molar-refractivity contribution in [3.63, 3.8) is 0 Å². The van der Waals surface area contributed by atoms with Crippen LogP contribution in [0.15, 0.2) is 30.6 Å². The third-order valence-corrected chi connectivity index (χ3v) is 2.93. The number of nitriles is 2. The summed E-state index contributed by atoms with van der Waals surface area (Å²) in [5.41, 5.74) is 1.70. The largest absolute Gasteiger partial charge is 0.459 e. The van der Waals surface area contributed by atoms with E-state index in [1.54, 1.807) is 42.7 Å². The van der Waals surface area contributed by atoms with Crippen LogP contribution in [0.2, 0.25) is 0 Å². The van der Waals surface area contributed by atoms with Gasteiger partial charge in [-0.3, -0.25) is 0 Å². The fourth-order valence-electron chi connectivity index (χ4n) is 1.93. The Morgan fingerprint density at radius 1 is 1.27 bits per heavy atom. The fraction of sp³-hybridized carbons (Fsp3) is 0.250. The van der Waals surface area contributed by atoms with Gasteiger partial charge in [0.2, 0.25) is 0 Å². The topological polar surface area (TPSA) is 91.7 Å². The smallest absolute Gasteiger partial charge is 0.338 e. The van der Waals surface area contributed by atoms with E-state index in [0.29, 0.717) is 12.1 Å². The Labute approximate surface area is 128 Å². The molecule has 0 fully saturated rings. The van der Waals surface area contributed by atoms with Gasteiger partial charge in [-0.1, -0.05) is 12.1 Å². The molecule has 2 rings (SSSR count). The first-order valence-electron chi connectivity index (χ1n) is 6.70. The number of hydrogen-bond donors (Lipinski definition) is 0. The molecule has 6 heteroatoms. The number of rotatable bonds is 4. The zero-order chi connectivity index (χ0) is 16.1. The molecule has 0 aliphatic rings. The van der Waals surface area contributed by atoms with E-state index in [2.05, 4.69) is 4.98 Å². The van der Waals surface area contributed by atoms with Crippen LogP contribution in [0.5, 0.6) is 0 Å². The van der Waals surface area contributed by atoms with Gasteiger partial charge in [0.15, 0.2) is 11.4 Å². The number of esters is 1. The van der Waals surface area contributed by atoms with Crippen molar-refractivity contribution < 1.29 is 9.53 Å². The summed E-state index contributed by atoms with van der Waals surface area (Å²) >= 11 is 0. The van der Waals surface area contributed by atoms with Gasteiger partial charge in [0, 0.05) is 6.54 Å². The third kappa shape index (κ3) is 3.31. The molecule has 0 aliphatic heterocycles. The Kier molecular flexibility index (Phi) is 4.55. The van der Waals surface area contributed by atoms with Crippen LogP contribution in [-0.4, -0.2) is 21.6 Å². The molecule has 1 aromatic heterocycles. The molecule has 0 aliphatic carbocycles. The van der Waals surface area contributed by atoms with Gasteiger partial charge in [0.05, 0.1) is 18.0 Å². The zero-order valence-corrected chi connectivity index (χ0v) is 12.3. The first-order valence-corrected chi connectivity index (χ1v) is 6.70. The Morgan fingerprint density at radius 2 is 1.95 bits per heavy atom. The lowest BCUT2D eigenvalue weighted by molar-refractivity contribution is 0.0378. The molecule has 0 bridgehead atoms. The average molecular weight is 294 g/mol. The first kappa shape index (κ1) is 15.3. The van der Waals surface area contributed by atoms with Crippen molar-refractivity contribution in [3.05, 3.63) is 53.1 Å². The summed E-state index contributed by atoms with van der Waals surface area (Å²) in [4.78, 5) is 15.6. The van der Waals surface area contributed by atoms with E-state index in [4.69, 9.17) is 15.3 Å². The minimum Gasteiger partial charge on any atom is -0.459 e. The van der Waals surface area contributed by atoms with Crippen LogP contribution in [-0.2, 0) is 11.3 Å². The Hall–Kier alpha value is -3.12. The lowest BCUT2D eigenvalue weighted by Gasteiger charge is -2.09. The molecular formula is C16H14N4O2. The number of carbonyl (C=O) groups excluding carboxylic acids is 1. The van der Waals surface area contributed by atoms with Crippen LogP contribution < -0.4 is 0 Å². The van der Waals surface area contributed by atoms with E-state index in [1.165, 1.54) is 6.33 Å². The lowest BCUT2D eigenvalue weighted by atomic mass is 10.1. The number of nitrogens with zero attached hydrogens (tertiary/aromatic N) is 4. The molecule has 0 N–H and O–H groups in total. The molecule has 110 valence electrons. The van der Waals surface area contributed by atoms with Gasteiger partial charge in [0.25, 0.3) is 0 Å². The van der Waals surface area contributed by atoms with Crippen molar-refractivity contribution in [2.75, 3.05) is 0 Å². The average Bonchev–Trinajstić information content (AvgIpc) is 2.89. The maximum Gasteiger partial charge on any atom is 0.338 e. The number of ether oxygens (including phenoxy) is 1. The molecule has 2 aromatic rings. The molecule has 0 spiro atoms. The third-order valence-electron chi connectivity index (χ3n) is 2.93. The molecule has 0 radical (unpaired) electrons. The number of aromatic nitrogens is 2. The lowest BCUT2D eigenvalue weighted by Crippen LogP contribution is -2.11. The van der Waals surface area contributed by atoms with E-state index in [9.17, 15) is 4.79 Å². The van der Waals surface area contributed by atoms with Gasteiger partial charge < -0.3 is 9.30 Å². The normalized spacial score (nSPS) is 10.0. The van der Waals surface area contributed by atoms with Crippen molar-refractivity contribution in [1.29, 1.82) is 10.5 Å². The standard InChI is InChI=1S/C16H14N4O2/c1-11(2)22-16(21)13-5-3-12(4-6-13)9-20-10-19-14(7-17)15(20)8-18/h3-6,10-11H,9H2,1-2H3. The summed E-state index contributed by atoms with van der Waals surface area (Å²) < 4.78 is 6.71. The van der Waals surface area contributed by atoms with Crippen LogP contribution in [0, 0.1) is 22.7 Å². The predicted molar refractivity (Wildman–Crippen MR) is 77.8 cm³/mol. The van der Waals surface area contributed by atoms with Crippen LogP contribution in [0.4, 0.5) is 0 Å². The predicted octanol–water partition coefficient (Wildman–Crippen LogP) is 2.24. The second kappa shape index (κ2) is 6.55. The van der Waals surface area contributed by atoms with Crippen molar-refractivity contribution in [2.45, 2.75) is 26.5 Å². The van der Waals surface area contributed by atoms with Gasteiger partial charge >= 0.3 is 5.97 Å². The summed E-state index contributed by atoms with van der Waals surface area (Å²) in [6.45, 7) is 3.99. The van der Waals surface area contributed by atoms with Gasteiger partial charge in [-0.25, -0.2) is 9.78 Å². The molecule has 22 heavy (non-hydrogen) atoms. The SMILES string of the molecule is CC(C)OC(=O)c1ccc(Cn2cnc(C#N)c2C#N)cc1. The highest BCUT2D eigenvalue weighted by Gasteiger charge is 2.11. The minimum absolute atomic E-state index is 0.111. The molecule has 0 saturated carbocycles. The van der Waals surface area contributed by atoms with Crippen molar-refractivity contribution >= 4 is 5.97 Å². The zero-order valence-electron chi connectivity index (χ0n) is 12.3. The van der Waals surface area contributed by atoms with Crippen LogP contribution in [0.1, 0.15) is 41.2 Å². The molecule has 0 unspecified atom stereocenters. The molecule has 0 saturated heterocycles. The summed E-state index contributed by atoms with van der Waals surface area (Å²) in [5, 5.41) is 17.9. The van der Waals surface area contributed by atoms with Gasteiger partial charge in [-0.15, -0.1) is 0 Å². The molecule has 0 atom stereocenters. The van der Waals surface area contributed by atoms with Crippen molar-refractivity contribution in [2.24, 2.45) is 0 Å². The summed E-state index contributed by atoms with van der Waals surface area (Å²) in [6.07, 6.45) is 1.29. The highest BCUT2D eigenvalue weighted by molar-refractivity contribution is 5.89. The van der Waals surface area contributed by atoms with E-state index >= 15 is 0 Å². The van der Waals surface area contributed by atoms with Crippen molar-refractivity contribution in [3.8, 4) is 12.1 Å². The van der Waals surface area contributed by atoms with E-state index in [0.717, 1.165) is 5.56 Å². The highest BCUT2D eigenvalue weighted by Crippen LogP contribution is 2.12. The van der Waals surface area contributed by atoms with Crippen LogP contribution >= 0.6 is 0 Å². The number of carbonyl (C=O) groups is 1. The number of imidazole rings is 1. The van der Waals surface area contributed by atoms with E-state index in [1.807, 2.05) is 12.1 Å². The summed E-state index contributed by atoms with van der Waals surface area (Å²) in [7, 11) is 0. The number of hydrogen-bond acceptors (Lipinski definition) is 5. The van der Waals surface area contributed by atoms with Gasteiger partial charge in [-0.05, 0) is 31.5 Å². The van der Waals surface area contributed by atoms with Crippen LogP contribution in [0.25, 0.3) is 0 Å². The quantitative estimate of drug-likeness (QED) is 0.806. The Balaban J connectivity index is 2.16. The molecule has 1 heterocycles.